The van der Waals surface area contributed by atoms with E-state index in [1.54, 1.807) is 26.2 Å². The molecule has 0 aliphatic heterocycles. The molecule has 1 amide bonds. The first-order valence-electron chi connectivity index (χ1n) is 5.12. The molecule has 0 aliphatic rings. The molecular formula is C12H19IN2O2. The molecule has 4 nitrogen and oxygen atoms in total. The molecule has 0 unspecified atom stereocenters. The highest BCUT2D eigenvalue weighted by Gasteiger charge is 2.12. The predicted molar refractivity (Wildman–Crippen MR) is 65.7 cm³/mol. The summed E-state index contributed by atoms with van der Waals surface area (Å²) >= 11 is 0. The van der Waals surface area contributed by atoms with Crippen molar-refractivity contribution in [1.29, 1.82) is 0 Å². The standard InChI is InChI=1S/C12H19N2O2.HI/c1-13(2)12(15)16-11-8-6-10(7-9-11)14(3,4)5;/h6-9H,1-5H3;1H/q+1;/p-1. The maximum absolute atomic E-state index is 11.3. The molecule has 5 heteroatoms. The van der Waals surface area contributed by atoms with Crippen molar-refractivity contribution in [2.45, 2.75) is 0 Å². The van der Waals surface area contributed by atoms with Crippen LogP contribution in [-0.4, -0.2) is 46.2 Å². The van der Waals surface area contributed by atoms with Crippen LogP contribution in [0.15, 0.2) is 24.3 Å². The summed E-state index contributed by atoms with van der Waals surface area (Å²) in [5.41, 5.74) is 1.16. The number of benzene rings is 1. The number of carbonyl (C=O) groups is 1. The minimum absolute atomic E-state index is 0. The van der Waals surface area contributed by atoms with E-state index < -0.39 is 0 Å². The largest absolute Gasteiger partial charge is 1.00 e. The number of hydrogen-bond donors (Lipinski definition) is 0. The Bertz CT molecular complexity index is 369. The number of hydrogen-bond acceptors (Lipinski definition) is 2. The molecule has 0 aromatic heterocycles. The number of carbonyl (C=O) groups excluding carboxylic acids is 1. The first-order valence-corrected chi connectivity index (χ1v) is 5.12. The van der Waals surface area contributed by atoms with Crippen molar-refractivity contribution in [3.8, 4) is 5.75 Å². The summed E-state index contributed by atoms with van der Waals surface area (Å²) in [7, 11) is 9.56. The Balaban J connectivity index is 0.00000256. The van der Waals surface area contributed by atoms with E-state index in [-0.39, 0.29) is 30.1 Å². The molecule has 0 spiro atoms. The van der Waals surface area contributed by atoms with Gasteiger partial charge < -0.3 is 33.6 Å². The van der Waals surface area contributed by atoms with Gasteiger partial charge in [-0.3, -0.25) is 4.48 Å². The Kier molecular flexibility index (Phi) is 5.91. The SMILES string of the molecule is CN(C)C(=O)Oc1ccc([N+](C)(C)C)cc1.[I-]. The smallest absolute Gasteiger partial charge is 0.414 e. The zero-order valence-corrected chi connectivity index (χ0v) is 13.1. The number of ether oxygens (including phenoxy) is 1. The Labute approximate surface area is 120 Å². The minimum atomic E-state index is -0.363. The first kappa shape index (κ1) is 16.2. The Morgan fingerprint density at radius 2 is 1.59 bits per heavy atom. The molecule has 0 radical (unpaired) electrons. The van der Waals surface area contributed by atoms with Crippen molar-refractivity contribution in [3.05, 3.63) is 24.3 Å². The van der Waals surface area contributed by atoms with Gasteiger partial charge in [-0.25, -0.2) is 4.79 Å². The highest BCUT2D eigenvalue weighted by molar-refractivity contribution is 5.70. The lowest BCUT2D eigenvalue weighted by Gasteiger charge is -2.23. The summed E-state index contributed by atoms with van der Waals surface area (Å²) in [5.74, 6) is 0.566. The molecular weight excluding hydrogens is 331 g/mol. The second-order valence-electron chi connectivity index (χ2n) is 4.77. The average molecular weight is 350 g/mol. The molecule has 1 aromatic rings. The quantitative estimate of drug-likeness (QED) is 0.503. The Morgan fingerprint density at radius 3 is 1.94 bits per heavy atom. The van der Waals surface area contributed by atoms with E-state index in [4.69, 9.17) is 4.74 Å². The summed E-state index contributed by atoms with van der Waals surface area (Å²) in [6.45, 7) is 0. The fourth-order valence-electron chi connectivity index (χ4n) is 1.15. The van der Waals surface area contributed by atoms with Crippen LogP contribution in [0.1, 0.15) is 0 Å². The van der Waals surface area contributed by atoms with Gasteiger partial charge in [0.1, 0.15) is 11.4 Å². The van der Waals surface area contributed by atoms with E-state index in [2.05, 4.69) is 21.1 Å². The summed E-state index contributed by atoms with van der Waals surface area (Å²) in [4.78, 5) is 12.7. The van der Waals surface area contributed by atoms with Crippen LogP contribution >= 0.6 is 0 Å². The van der Waals surface area contributed by atoms with Crippen LogP contribution in [-0.2, 0) is 0 Å². The first-order chi connectivity index (χ1) is 7.30. The highest BCUT2D eigenvalue weighted by atomic mass is 127. The van der Waals surface area contributed by atoms with Crippen molar-refractivity contribution in [2.24, 2.45) is 0 Å². The molecule has 0 bridgehead atoms. The fraction of sp³-hybridized carbons (Fsp3) is 0.417. The summed E-state index contributed by atoms with van der Waals surface area (Å²) in [6.07, 6.45) is -0.363. The van der Waals surface area contributed by atoms with Crippen LogP contribution < -0.4 is 33.2 Å². The second-order valence-corrected chi connectivity index (χ2v) is 4.77. The van der Waals surface area contributed by atoms with E-state index in [0.29, 0.717) is 5.75 Å². The maximum Gasteiger partial charge on any atom is 0.414 e. The van der Waals surface area contributed by atoms with E-state index in [1.165, 1.54) is 4.90 Å². The Morgan fingerprint density at radius 1 is 1.12 bits per heavy atom. The van der Waals surface area contributed by atoms with Crippen molar-refractivity contribution in [2.75, 3.05) is 35.2 Å². The average Bonchev–Trinajstić information content (AvgIpc) is 2.17. The zero-order chi connectivity index (χ0) is 12.3. The maximum atomic E-state index is 11.3. The molecule has 0 saturated heterocycles. The summed E-state index contributed by atoms with van der Waals surface area (Å²) < 4.78 is 5.86. The van der Waals surface area contributed by atoms with Crippen molar-refractivity contribution >= 4 is 11.8 Å². The molecule has 96 valence electrons. The van der Waals surface area contributed by atoms with Gasteiger partial charge in [0.05, 0.1) is 21.1 Å². The van der Waals surface area contributed by atoms with Gasteiger partial charge in [0.25, 0.3) is 0 Å². The van der Waals surface area contributed by atoms with Crippen molar-refractivity contribution < 1.29 is 33.5 Å². The molecule has 17 heavy (non-hydrogen) atoms. The van der Waals surface area contributed by atoms with E-state index >= 15 is 0 Å². The molecule has 0 fully saturated rings. The van der Waals surface area contributed by atoms with E-state index in [0.717, 1.165) is 10.2 Å². The number of nitrogens with zero attached hydrogens (tertiary/aromatic N) is 2. The minimum Gasteiger partial charge on any atom is -1.00 e. The van der Waals surface area contributed by atoms with Crippen LogP contribution in [0, 0.1) is 0 Å². The summed E-state index contributed by atoms with van der Waals surface area (Å²) in [5, 5.41) is 0. The molecule has 1 aromatic carbocycles. The van der Waals surface area contributed by atoms with Gasteiger partial charge in [-0.05, 0) is 12.1 Å². The lowest BCUT2D eigenvalue weighted by molar-refractivity contribution is -0.00000875. The van der Waals surface area contributed by atoms with Crippen LogP contribution in [0.25, 0.3) is 0 Å². The lowest BCUT2D eigenvalue weighted by atomic mass is 10.2. The molecule has 0 saturated carbocycles. The van der Waals surface area contributed by atoms with Gasteiger partial charge in [-0.2, -0.15) is 0 Å². The van der Waals surface area contributed by atoms with Gasteiger partial charge in [-0.15, -0.1) is 0 Å². The fourth-order valence-corrected chi connectivity index (χ4v) is 1.15. The summed E-state index contributed by atoms with van der Waals surface area (Å²) in [6, 6.07) is 7.52. The normalized spacial score (nSPS) is 10.4. The third kappa shape index (κ3) is 4.91. The van der Waals surface area contributed by atoms with Crippen molar-refractivity contribution in [1.82, 2.24) is 9.38 Å². The topological polar surface area (TPSA) is 29.5 Å². The monoisotopic (exact) mass is 350 g/mol. The van der Waals surface area contributed by atoms with Crippen molar-refractivity contribution in [3.63, 3.8) is 0 Å². The lowest BCUT2D eigenvalue weighted by Crippen LogP contribution is -3.00. The van der Waals surface area contributed by atoms with Crippen LogP contribution in [0.4, 0.5) is 10.5 Å². The number of quaternary nitrogens is 1. The number of halogens is 1. The third-order valence-electron chi connectivity index (χ3n) is 2.18. The molecule has 1 rings (SSSR count). The van der Waals surface area contributed by atoms with Crippen LogP contribution in [0.3, 0.4) is 0 Å². The number of rotatable bonds is 2. The number of amides is 1. The highest BCUT2D eigenvalue weighted by Crippen LogP contribution is 2.21. The van der Waals surface area contributed by atoms with Gasteiger partial charge in [0.15, 0.2) is 0 Å². The van der Waals surface area contributed by atoms with Crippen LogP contribution in [0.2, 0.25) is 0 Å². The van der Waals surface area contributed by atoms with Gasteiger partial charge in [0.2, 0.25) is 0 Å². The third-order valence-corrected chi connectivity index (χ3v) is 2.18. The predicted octanol–water partition coefficient (Wildman–Crippen LogP) is -1.05. The molecule has 0 atom stereocenters. The second kappa shape index (κ2) is 6.20. The Hall–Kier alpha value is -0.820. The van der Waals surface area contributed by atoms with Gasteiger partial charge in [-0.1, -0.05) is 0 Å². The van der Waals surface area contributed by atoms with E-state index in [1.807, 2.05) is 12.1 Å². The van der Waals surface area contributed by atoms with Crippen LogP contribution in [0.5, 0.6) is 5.75 Å². The molecule has 0 aliphatic carbocycles. The van der Waals surface area contributed by atoms with Gasteiger partial charge >= 0.3 is 6.09 Å². The van der Waals surface area contributed by atoms with Gasteiger partial charge in [0, 0.05) is 26.2 Å². The zero-order valence-electron chi connectivity index (χ0n) is 10.9. The molecule has 0 heterocycles. The van der Waals surface area contributed by atoms with E-state index in [9.17, 15) is 4.79 Å². The molecule has 0 N–H and O–H groups in total.